The normalized spacial score (nSPS) is 13.3. The average Bonchev–Trinajstić information content (AvgIpc) is 2.52. The molecule has 0 radical (unpaired) electrons. The highest BCUT2D eigenvalue weighted by atomic mass is 32.1. The van der Waals surface area contributed by atoms with E-state index in [-0.39, 0.29) is 0 Å². The van der Waals surface area contributed by atoms with Crippen LogP contribution >= 0.6 is 11.3 Å². The van der Waals surface area contributed by atoms with Crippen molar-refractivity contribution in [1.82, 2.24) is 5.32 Å². The van der Waals surface area contributed by atoms with Gasteiger partial charge in [0.1, 0.15) is 0 Å². The van der Waals surface area contributed by atoms with Gasteiger partial charge in [0.2, 0.25) is 0 Å². The highest BCUT2D eigenvalue weighted by Gasteiger charge is 1.97. The van der Waals surface area contributed by atoms with Crippen molar-refractivity contribution >= 4 is 11.3 Å². The summed E-state index contributed by atoms with van der Waals surface area (Å²) in [4.78, 5) is 1.37. The molecule has 62 valence electrons. The van der Waals surface area contributed by atoms with Crippen LogP contribution in [0.4, 0.5) is 0 Å². The van der Waals surface area contributed by atoms with Gasteiger partial charge >= 0.3 is 0 Å². The van der Waals surface area contributed by atoms with Gasteiger partial charge in [0.25, 0.3) is 0 Å². The Bertz CT molecular complexity index is 184. The summed E-state index contributed by atoms with van der Waals surface area (Å²) in [6.45, 7) is 3.73. The molecule has 1 unspecified atom stereocenters. The molecular formula is C8H14N2S. The van der Waals surface area contributed by atoms with Gasteiger partial charge in [0.05, 0.1) is 0 Å². The minimum Gasteiger partial charge on any atom is -0.329 e. The SMILES string of the molecule is CC(CN)NCc1cccs1. The van der Waals surface area contributed by atoms with Crippen molar-refractivity contribution in [1.29, 1.82) is 0 Å². The van der Waals surface area contributed by atoms with Crippen molar-refractivity contribution in [3.05, 3.63) is 22.4 Å². The third-order valence-electron chi connectivity index (χ3n) is 1.56. The lowest BCUT2D eigenvalue weighted by Gasteiger charge is -2.08. The maximum atomic E-state index is 5.45. The van der Waals surface area contributed by atoms with Gasteiger partial charge in [-0.15, -0.1) is 11.3 Å². The van der Waals surface area contributed by atoms with Gasteiger partial charge < -0.3 is 11.1 Å². The van der Waals surface area contributed by atoms with E-state index >= 15 is 0 Å². The highest BCUT2D eigenvalue weighted by Crippen LogP contribution is 2.07. The number of hydrogen-bond donors (Lipinski definition) is 2. The van der Waals surface area contributed by atoms with E-state index in [0.717, 1.165) is 6.54 Å². The van der Waals surface area contributed by atoms with Crippen LogP contribution in [-0.2, 0) is 6.54 Å². The zero-order valence-electron chi connectivity index (χ0n) is 6.71. The van der Waals surface area contributed by atoms with Crippen molar-refractivity contribution in [3.8, 4) is 0 Å². The minimum absolute atomic E-state index is 0.414. The van der Waals surface area contributed by atoms with Gasteiger partial charge in [-0.25, -0.2) is 0 Å². The molecule has 0 bridgehead atoms. The van der Waals surface area contributed by atoms with Gasteiger partial charge in [-0.1, -0.05) is 6.07 Å². The monoisotopic (exact) mass is 170 g/mol. The molecular weight excluding hydrogens is 156 g/mol. The Morgan fingerprint density at radius 2 is 2.55 bits per heavy atom. The van der Waals surface area contributed by atoms with Gasteiger partial charge in [-0.3, -0.25) is 0 Å². The molecule has 0 amide bonds. The quantitative estimate of drug-likeness (QED) is 0.712. The molecule has 1 heterocycles. The largest absolute Gasteiger partial charge is 0.329 e. The lowest BCUT2D eigenvalue weighted by Crippen LogP contribution is -2.32. The molecule has 0 aromatic carbocycles. The Morgan fingerprint density at radius 3 is 3.09 bits per heavy atom. The van der Waals surface area contributed by atoms with E-state index < -0.39 is 0 Å². The molecule has 2 nitrogen and oxygen atoms in total. The molecule has 11 heavy (non-hydrogen) atoms. The summed E-state index contributed by atoms with van der Waals surface area (Å²) in [5.41, 5.74) is 5.45. The predicted molar refractivity (Wildman–Crippen MR) is 49.7 cm³/mol. The third kappa shape index (κ3) is 3.01. The van der Waals surface area contributed by atoms with E-state index in [0.29, 0.717) is 12.6 Å². The zero-order chi connectivity index (χ0) is 8.10. The summed E-state index contributed by atoms with van der Waals surface area (Å²) >= 11 is 1.77. The molecule has 0 spiro atoms. The standard InChI is InChI=1S/C8H14N2S/c1-7(5-9)10-6-8-3-2-4-11-8/h2-4,7,10H,5-6,9H2,1H3. The average molecular weight is 170 g/mol. The van der Waals surface area contributed by atoms with Crippen LogP contribution in [0.25, 0.3) is 0 Å². The first-order valence-electron chi connectivity index (χ1n) is 3.78. The molecule has 3 heteroatoms. The van der Waals surface area contributed by atoms with Crippen LogP contribution in [-0.4, -0.2) is 12.6 Å². The molecule has 0 aliphatic rings. The summed E-state index contributed by atoms with van der Waals surface area (Å²) in [6, 6.07) is 4.60. The molecule has 0 saturated heterocycles. The number of nitrogens with two attached hydrogens (primary N) is 1. The van der Waals surface area contributed by atoms with Crippen LogP contribution < -0.4 is 11.1 Å². The van der Waals surface area contributed by atoms with Gasteiger partial charge in [-0.05, 0) is 18.4 Å². The topological polar surface area (TPSA) is 38.0 Å². The van der Waals surface area contributed by atoms with Crippen molar-refractivity contribution in [2.45, 2.75) is 19.5 Å². The second kappa shape index (κ2) is 4.49. The minimum atomic E-state index is 0.414. The first-order chi connectivity index (χ1) is 5.33. The summed E-state index contributed by atoms with van der Waals surface area (Å²) in [7, 11) is 0. The van der Waals surface area contributed by atoms with E-state index in [1.165, 1.54) is 4.88 Å². The van der Waals surface area contributed by atoms with Crippen LogP contribution in [0.2, 0.25) is 0 Å². The first-order valence-corrected chi connectivity index (χ1v) is 4.66. The summed E-state index contributed by atoms with van der Waals surface area (Å²) in [6.07, 6.45) is 0. The van der Waals surface area contributed by atoms with Crippen LogP contribution in [0.1, 0.15) is 11.8 Å². The molecule has 0 fully saturated rings. The molecule has 1 rings (SSSR count). The van der Waals surface area contributed by atoms with Crippen molar-refractivity contribution in [3.63, 3.8) is 0 Å². The lowest BCUT2D eigenvalue weighted by molar-refractivity contribution is 0.560. The zero-order valence-corrected chi connectivity index (χ0v) is 7.53. The van der Waals surface area contributed by atoms with E-state index in [2.05, 4.69) is 29.8 Å². The first kappa shape index (κ1) is 8.71. The Balaban J connectivity index is 2.23. The second-order valence-electron chi connectivity index (χ2n) is 2.60. The fourth-order valence-electron chi connectivity index (χ4n) is 0.771. The fraction of sp³-hybridized carbons (Fsp3) is 0.500. The lowest BCUT2D eigenvalue weighted by atomic mass is 10.3. The Labute approximate surface area is 71.4 Å². The van der Waals surface area contributed by atoms with Crippen LogP contribution in [0.3, 0.4) is 0 Å². The Kier molecular flexibility index (Phi) is 3.56. The molecule has 0 aliphatic heterocycles. The molecule has 3 N–H and O–H groups in total. The van der Waals surface area contributed by atoms with Crippen LogP contribution in [0.15, 0.2) is 17.5 Å². The van der Waals surface area contributed by atoms with E-state index in [4.69, 9.17) is 5.73 Å². The molecule has 0 aliphatic carbocycles. The van der Waals surface area contributed by atoms with E-state index in [1.807, 2.05) is 0 Å². The van der Waals surface area contributed by atoms with Gasteiger partial charge in [0, 0.05) is 24.0 Å². The fourth-order valence-corrected chi connectivity index (χ4v) is 1.43. The molecule has 1 aromatic heterocycles. The maximum Gasteiger partial charge on any atom is 0.0302 e. The van der Waals surface area contributed by atoms with Crippen molar-refractivity contribution < 1.29 is 0 Å². The van der Waals surface area contributed by atoms with E-state index in [9.17, 15) is 0 Å². The number of nitrogens with one attached hydrogen (secondary N) is 1. The predicted octanol–water partition coefficient (Wildman–Crippen LogP) is 1.18. The molecule has 1 atom stereocenters. The van der Waals surface area contributed by atoms with Crippen molar-refractivity contribution in [2.75, 3.05) is 6.54 Å². The molecule has 0 saturated carbocycles. The third-order valence-corrected chi connectivity index (χ3v) is 2.43. The second-order valence-corrected chi connectivity index (χ2v) is 3.63. The maximum absolute atomic E-state index is 5.45. The number of rotatable bonds is 4. The Hall–Kier alpha value is -0.380. The smallest absolute Gasteiger partial charge is 0.0302 e. The van der Waals surface area contributed by atoms with Gasteiger partial charge in [0.15, 0.2) is 0 Å². The number of hydrogen-bond acceptors (Lipinski definition) is 3. The van der Waals surface area contributed by atoms with E-state index in [1.54, 1.807) is 11.3 Å². The molecule has 1 aromatic rings. The van der Waals surface area contributed by atoms with Crippen LogP contribution in [0.5, 0.6) is 0 Å². The summed E-state index contributed by atoms with van der Waals surface area (Å²) in [5.74, 6) is 0. The van der Waals surface area contributed by atoms with Crippen LogP contribution in [0, 0.1) is 0 Å². The van der Waals surface area contributed by atoms with Gasteiger partial charge in [-0.2, -0.15) is 0 Å². The summed E-state index contributed by atoms with van der Waals surface area (Å²) in [5, 5.41) is 5.41. The number of thiophene rings is 1. The van der Waals surface area contributed by atoms with Crippen molar-refractivity contribution in [2.24, 2.45) is 5.73 Å². The Morgan fingerprint density at radius 1 is 1.73 bits per heavy atom. The summed E-state index contributed by atoms with van der Waals surface area (Å²) < 4.78 is 0. The highest BCUT2D eigenvalue weighted by molar-refractivity contribution is 7.09.